The summed E-state index contributed by atoms with van der Waals surface area (Å²) in [7, 11) is 0. The van der Waals surface area contributed by atoms with Crippen LogP contribution >= 0.6 is 0 Å². The van der Waals surface area contributed by atoms with E-state index in [1.165, 1.54) is 0 Å². The summed E-state index contributed by atoms with van der Waals surface area (Å²) in [6.07, 6.45) is 0.891. The second-order valence-corrected chi connectivity index (χ2v) is 5.55. The number of tetrazole rings is 1. The van der Waals surface area contributed by atoms with Crippen LogP contribution in [0.5, 0.6) is 0 Å². The van der Waals surface area contributed by atoms with Crippen molar-refractivity contribution in [1.29, 1.82) is 0 Å². The predicted molar refractivity (Wildman–Crippen MR) is 68.4 cm³/mol. The molecule has 0 fully saturated rings. The van der Waals surface area contributed by atoms with Crippen molar-refractivity contribution < 1.29 is 14.6 Å². The number of ether oxygens (including phenoxy) is 1. The van der Waals surface area contributed by atoms with Crippen molar-refractivity contribution in [2.45, 2.75) is 59.3 Å². The summed E-state index contributed by atoms with van der Waals surface area (Å²) in [5.74, 6) is -0.152. The van der Waals surface area contributed by atoms with Gasteiger partial charge in [0.25, 0.3) is 0 Å². The molecule has 108 valence electrons. The van der Waals surface area contributed by atoms with E-state index in [1.54, 1.807) is 4.68 Å². The Morgan fingerprint density at radius 2 is 2.16 bits per heavy atom. The normalized spacial score (nSPS) is 13.5. The van der Waals surface area contributed by atoms with Gasteiger partial charge in [-0.1, -0.05) is 13.3 Å². The Hall–Kier alpha value is -1.50. The summed E-state index contributed by atoms with van der Waals surface area (Å²) in [5.41, 5.74) is -0.262. The number of carboxylic acid groups (broad SMARTS) is 1. The minimum absolute atomic E-state index is 0.0226. The second kappa shape index (κ2) is 6.60. The standard InChI is InChI=1S/C12H22N4O3/c1-5-9(6-11(17)18)7-16-10(13-14-15-16)8-19-12(2,3)4/h9H,5-8H2,1-4H3,(H,17,18). The molecule has 19 heavy (non-hydrogen) atoms. The first kappa shape index (κ1) is 15.6. The highest BCUT2D eigenvalue weighted by Gasteiger charge is 2.17. The SMILES string of the molecule is CCC(CC(=O)O)Cn1nnnc1COC(C)(C)C. The van der Waals surface area contributed by atoms with Crippen molar-refractivity contribution in [3.63, 3.8) is 0 Å². The summed E-state index contributed by atoms with van der Waals surface area (Å²) in [5, 5.41) is 20.3. The molecule has 0 aromatic carbocycles. The molecule has 7 heteroatoms. The Kier molecular flexibility index (Phi) is 5.41. The Balaban J connectivity index is 2.63. The van der Waals surface area contributed by atoms with Crippen molar-refractivity contribution in [3.8, 4) is 0 Å². The van der Waals surface area contributed by atoms with E-state index in [-0.39, 0.29) is 17.9 Å². The molecular weight excluding hydrogens is 248 g/mol. The third-order valence-corrected chi connectivity index (χ3v) is 2.71. The average molecular weight is 270 g/mol. The first-order valence-corrected chi connectivity index (χ1v) is 6.42. The summed E-state index contributed by atoms with van der Waals surface area (Å²) in [6, 6.07) is 0. The van der Waals surface area contributed by atoms with Crippen molar-refractivity contribution in [2.75, 3.05) is 0 Å². The minimum Gasteiger partial charge on any atom is -0.481 e. The number of aromatic nitrogens is 4. The molecule has 0 saturated heterocycles. The maximum absolute atomic E-state index is 10.8. The van der Waals surface area contributed by atoms with E-state index in [2.05, 4.69) is 15.5 Å². The lowest BCUT2D eigenvalue weighted by Gasteiger charge is -2.19. The molecule has 0 amide bonds. The molecule has 0 aliphatic heterocycles. The van der Waals surface area contributed by atoms with Gasteiger partial charge in [0.2, 0.25) is 0 Å². The Morgan fingerprint density at radius 3 is 2.68 bits per heavy atom. The van der Waals surface area contributed by atoms with Gasteiger partial charge in [0.1, 0.15) is 6.61 Å². The molecule has 0 spiro atoms. The Labute approximate surface area is 112 Å². The monoisotopic (exact) mass is 270 g/mol. The van der Waals surface area contributed by atoms with Crippen LogP contribution in [0, 0.1) is 5.92 Å². The molecule has 1 heterocycles. The van der Waals surface area contributed by atoms with Crippen molar-refractivity contribution in [2.24, 2.45) is 5.92 Å². The first-order chi connectivity index (χ1) is 8.81. The summed E-state index contributed by atoms with van der Waals surface area (Å²) < 4.78 is 7.26. The minimum atomic E-state index is -0.799. The van der Waals surface area contributed by atoms with Crippen LogP contribution in [0.25, 0.3) is 0 Å². The van der Waals surface area contributed by atoms with Crippen molar-refractivity contribution >= 4 is 5.97 Å². The lowest BCUT2D eigenvalue weighted by molar-refractivity contribution is -0.138. The van der Waals surface area contributed by atoms with Crippen LogP contribution in [0.2, 0.25) is 0 Å². The fourth-order valence-electron chi connectivity index (χ4n) is 1.58. The largest absolute Gasteiger partial charge is 0.481 e. The van der Waals surface area contributed by atoms with E-state index in [1.807, 2.05) is 27.7 Å². The molecule has 7 nitrogen and oxygen atoms in total. The number of hydrogen-bond donors (Lipinski definition) is 1. The zero-order valence-corrected chi connectivity index (χ0v) is 12.0. The van der Waals surface area contributed by atoms with Gasteiger partial charge in [-0.15, -0.1) is 5.10 Å². The van der Waals surface area contributed by atoms with E-state index in [9.17, 15) is 4.79 Å². The quantitative estimate of drug-likeness (QED) is 0.807. The number of hydrogen-bond acceptors (Lipinski definition) is 5. The Bertz CT molecular complexity index is 411. The molecule has 0 bridgehead atoms. The lowest BCUT2D eigenvalue weighted by atomic mass is 10.0. The Morgan fingerprint density at radius 1 is 1.47 bits per heavy atom. The van der Waals surface area contributed by atoms with Crippen LogP contribution in [-0.2, 0) is 22.7 Å². The second-order valence-electron chi connectivity index (χ2n) is 5.55. The average Bonchev–Trinajstić information content (AvgIpc) is 2.71. The number of carbonyl (C=O) groups is 1. The maximum Gasteiger partial charge on any atom is 0.303 e. The molecule has 1 N–H and O–H groups in total. The van der Waals surface area contributed by atoms with Gasteiger partial charge in [0.15, 0.2) is 5.82 Å². The summed E-state index contributed by atoms with van der Waals surface area (Å²) >= 11 is 0. The van der Waals surface area contributed by atoms with E-state index in [4.69, 9.17) is 9.84 Å². The zero-order chi connectivity index (χ0) is 14.5. The smallest absolute Gasteiger partial charge is 0.303 e. The number of rotatable bonds is 7. The highest BCUT2D eigenvalue weighted by Crippen LogP contribution is 2.14. The summed E-state index contributed by atoms with van der Waals surface area (Å²) in [6.45, 7) is 8.66. The number of aliphatic carboxylic acids is 1. The van der Waals surface area contributed by atoms with Gasteiger partial charge in [-0.2, -0.15) is 0 Å². The van der Waals surface area contributed by atoms with Gasteiger partial charge in [0.05, 0.1) is 5.60 Å². The number of nitrogens with zero attached hydrogens (tertiary/aromatic N) is 4. The van der Waals surface area contributed by atoms with E-state index in [0.717, 1.165) is 6.42 Å². The maximum atomic E-state index is 10.8. The molecular formula is C12H22N4O3. The van der Waals surface area contributed by atoms with Crippen LogP contribution in [0.3, 0.4) is 0 Å². The zero-order valence-electron chi connectivity index (χ0n) is 12.0. The number of carboxylic acids is 1. The highest BCUT2D eigenvalue weighted by molar-refractivity contribution is 5.66. The van der Waals surface area contributed by atoms with E-state index < -0.39 is 5.97 Å². The van der Waals surface area contributed by atoms with Gasteiger partial charge in [-0.25, -0.2) is 4.68 Å². The fraction of sp³-hybridized carbons (Fsp3) is 0.833. The van der Waals surface area contributed by atoms with Crippen molar-refractivity contribution in [3.05, 3.63) is 5.82 Å². The highest BCUT2D eigenvalue weighted by atomic mass is 16.5. The van der Waals surface area contributed by atoms with Gasteiger partial charge in [-0.3, -0.25) is 4.79 Å². The molecule has 1 atom stereocenters. The van der Waals surface area contributed by atoms with Crippen LogP contribution in [0.15, 0.2) is 0 Å². The third-order valence-electron chi connectivity index (χ3n) is 2.71. The predicted octanol–water partition coefficient (Wildman–Crippen LogP) is 1.49. The summed E-state index contributed by atoms with van der Waals surface area (Å²) in [4.78, 5) is 10.8. The molecule has 1 unspecified atom stereocenters. The van der Waals surface area contributed by atoms with Crippen LogP contribution in [0.4, 0.5) is 0 Å². The van der Waals surface area contributed by atoms with Gasteiger partial charge < -0.3 is 9.84 Å². The lowest BCUT2D eigenvalue weighted by Crippen LogP contribution is -2.22. The van der Waals surface area contributed by atoms with Gasteiger partial charge in [0, 0.05) is 13.0 Å². The van der Waals surface area contributed by atoms with Crippen molar-refractivity contribution in [1.82, 2.24) is 20.2 Å². The molecule has 1 aromatic heterocycles. The van der Waals surface area contributed by atoms with E-state index in [0.29, 0.717) is 19.0 Å². The van der Waals surface area contributed by atoms with Crippen LogP contribution < -0.4 is 0 Å². The third kappa shape index (κ3) is 5.78. The van der Waals surface area contributed by atoms with Crippen LogP contribution in [0.1, 0.15) is 46.4 Å². The topological polar surface area (TPSA) is 90.1 Å². The fourth-order valence-corrected chi connectivity index (χ4v) is 1.58. The van der Waals surface area contributed by atoms with Gasteiger partial charge >= 0.3 is 5.97 Å². The van der Waals surface area contributed by atoms with Gasteiger partial charge in [-0.05, 0) is 37.1 Å². The van der Waals surface area contributed by atoms with Crippen LogP contribution in [-0.4, -0.2) is 36.9 Å². The van der Waals surface area contributed by atoms with E-state index >= 15 is 0 Å². The molecule has 1 rings (SSSR count). The molecule has 0 aliphatic carbocycles. The molecule has 0 saturated carbocycles. The first-order valence-electron chi connectivity index (χ1n) is 6.42. The molecule has 0 radical (unpaired) electrons. The molecule has 0 aliphatic rings. The molecule has 1 aromatic rings.